The molecule has 18 heavy (non-hydrogen) atoms. The molecule has 0 saturated carbocycles. The molecule has 0 unspecified atom stereocenters. The lowest BCUT2D eigenvalue weighted by Crippen LogP contribution is -2.24. The van der Waals surface area contributed by atoms with E-state index < -0.39 is 5.60 Å². The number of rotatable bonds is 4. The summed E-state index contributed by atoms with van der Waals surface area (Å²) in [6, 6.07) is 5.40. The highest BCUT2D eigenvalue weighted by Gasteiger charge is 2.16. The zero-order valence-corrected chi connectivity index (χ0v) is 11.8. The molecular weight excluding hydrogens is 252 g/mol. The highest BCUT2D eigenvalue weighted by molar-refractivity contribution is 6.31. The fraction of sp³-hybridized carbons (Fsp3) is 0.500. The van der Waals surface area contributed by atoms with Crippen LogP contribution in [-0.4, -0.2) is 16.7 Å². The molecule has 0 fully saturated rings. The van der Waals surface area contributed by atoms with E-state index in [1.54, 1.807) is 6.07 Å². The average molecular weight is 271 g/mol. The van der Waals surface area contributed by atoms with Crippen LogP contribution in [0.5, 0.6) is 0 Å². The number of halogens is 1. The van der Waals surface area contributed by atoms with Gasteiger partial charge in [-0.25, -0.2) is 0 Å². The van der Waals surface area contributed by atoms with Gasteiger partial charge < -0.3 is 9.84 Å². The Kier molecular flexibility index (Phi) is 5.17. The maximum atomic E-state index is 11.6. The van der Waals surface area contributed by atoms with Gasteiger partial charge in [-0.2, -0.15) is 0 Å². The Morgan fingerprint density at radius 3 is 2.61 bits per heavy atom. The van der Waals surface area contributed by atoms with Crippen LogP contribution in [0.3, 0.4) is 0 Å². The summed E-state index contributed by atoms with van der Waals surface area (Å²) in [5.74, 6) is -0.219. The number of aryl methyl sites for hydroxylation is 1. The van der Waals surface area contributed by atoms with Crippen molar-refractivity contribution >= 4 is 17.6 Å². The van der Waals surface area contributed by atoms with Crippen LogP contribution in [0, 0.1) is 0 Å². The van der Waals surface area contributed by atoms with E-state index in [-0.39, 0.29) is 12.6 Å². The summed E-state index contributed by atoms with van der Waals surface area (Å²) in [5.41, 5.74) is 1.19. The van der Waals surface area contributed by atoms with E-state index in [9.17, 15) is 4.79 Å². The van der Waals surface area contributed by atoms with Crippen LogP contribution < -0.4 is 0 Å². The van der Waals surface area contributed by atoms with Gasteiger partial charge in [0.25, 0.3) is 0 Å². The Morgan fingerprint density at radius 1 is 1.39 bits per heavy atom. The predicted molar refractivity (Wildman–Crippen MR) is 71.5 cm³/mol. The van der Waals surface area contributed by atoms with Gasteiger partial charge in [-0.15, -0.1) is 0 Å². The molecule has 3 nitrogen and oxygen atoms in total. The van der Waals surface area contributed by atoms with E-state index in [2.05, 4.69) is 0 Å². The van der Waals surface area contributed by atoms with Crippen molar-refractivity contribution in [1.82, 2.24) is 0 Å². The van der Waals surface area contributed by atoms with Gasteiger partial charge in [0.1, 0.15) is 5.60 Å². The van der Waals surface area contributed by atoms with Gasteiger partial charge in [0.05, 0.1) is 6.61 Å². The second-order valence-corrected chi connectivity index (χ2v) is 5.58. The predicted octanol–water partition coefficient (Wildman–Crippen LogP) is 3.11. The summed E-state index contributed by atoms with van der Waals surface area (Å²) in [6.45, 7) is 5.43. The molecule has 0 atom stereocenters. The van der Waals surface area contributed by atoms with Crippen LogP contribution >= 0.6 is 11.6 Å². The first kappa shape index (κ1) is 15.0. The molecule has 1 N–H and O–H groups in total. The molecule has 0 amide bonds. The Hall–Kier alpha value is -1.06. The van der Waals surface area contributed by atoms with Crippen molar-refractivity contribution in [2.45, 2.75) is 45.8 Å². The molecule has 0 aliphatic rings. The van der Waals surface area contributed by atoms with E-state index in [1.165, 1.54) is 0 Å². The molecule has 0 radical (unpaired) electrons. The number of aliphatic hydroxyl groups is 1. The van der Waals surface area contributed by atoms with Gasteiger partial charge >= 0.3 is 5.97 Å². The zero-order chi connectivity index (χ0) is 13.8. The summed E-state index contributed by atoms with van der Waals surface area (Å²) in [5, 5.41) is 9.64. The maximum Gasteiger partial charge on any atom is 0.306 e. The second-order valence-electron chi connectivity index (χ2n) is 5.17. The Labute approximate surface area is 113 Å². The quantitative estimate of drug-likeness (QED) is 0.855. The lowest BCUT2D eigenvalue weighted by molar-refractivity contribution is -0.154. The maximum absolute atomic E-state index is 11.6. The molecule has 0 saturated heterocycles. The number of benzene rings is 1. The van der Waals surface area contributed by atoms with Crippen LogP contribution in [-0.2, 0) is 22.6 Å². The van der Waals surface area contributed by atoms with Crippen molar-refractivity contribution in [3.05, 3.63) is 34.3 Å². The van der Waals surface area contributed by atoms with Crippen molar-refractivity contribution in [1.29, 1.82) is 0 Å². The van der Waals surface area contributed by atoms with E-state index >= 15 is 0 Å². The second kappa shape index (κ2) is 6.21. The largest absolute Gasteiger partial charge is 0.460 e. The Balaban J connectivity index is 2.56. The summed E-state index contributed by atoms with van der Waals surface area (Å²) >= 11 is 5.89. The molecule has 0 heterocycles. The Bertz CT molecular complexity index is 422. The van der Waals surface area contributed by atoms with Crippen molar-refractivity contribution in [2.24, 2.45) is 0 Å². The number of esters is 1. The average Bonchev–Trinajstić information content (AvgIpc) is 2.25. The van der Waals surface area contributed by atoms with Crippen LogP contribution in [0.15, 0.2) is 18.2 Å². The number of carbonyl (C=O) groups excluding carboxylic acids is 1. The molecule has 1 rings (SSSR count). The summed E-state index contributed by atoms with van der Waals surface area (Å²) in [4.78, 5) is 11.6. The lowest BCUT2D eigenvalue weighted by Gasteiger charge is -2.19. The van der Waals surface area contributed by atoms with Crippen molar-refractivity contribution in [3.8, 4) is 0 Å². The van der Waals surface area contributed by atoms with E-state index in [1.807, 2.05) is 32.9 Å². The van der Waals surface area contributed by atoms with Gasteiger partial charge in [0.15, 0.2) is 0 Å². The molecule has 4 heteroatoms. The summed E-state index contributed by atoms with van der Waals surface area (Å²) in [6.07, 6.45) is 0.906. The molecule has 0 spiro atoms. The first-order valence-corrected chi connectivity index (χ1v) is 6.29. The van der Waals surface area contributed by atoms with E-state index in [0.717, 1.165) is 5.56 Å². The SMILES string of the molecule is CC(C)(C)OC(=O)CCc1ccc(Cl)c(CO)c1. The van der Waals surface area contributed by atoms with Gasteiger partial charge in [-0.05, 0) is 44.4 Å². The summed E-state index contributed by atoms with van der Waals surface area (Å²) < 4.78 is 5.23. The first-order valence-electron chi connectivity index (χ1n) is 5.92. The molecule has 0 aromatic heterocycles. The zero-order valence-electron chi connectivity index (χ0n) is 11.0. The molecule has 0 aliphatic carbocycles. The van der Waals surface area contributed by atoms with Gasteiger partial charge in [0.2, 0.25) is 0 Å². The monoisotopic (exact) mass is 270 g/mol. The fourth-order valence-electron chi connectivity index (χ4n) is 1.54. The van der Waals surface area contributed by atoms with Crippen LogP contribution in [0.4, 0.5) is 0 Å². The number of aliphatic hydroxyl groups excluding tert-OH is 1. The Morgan fingerprint density at radius 2 is 2.06 bits per heavy atom. The minimum absolute atomic E-state index is 0.0981. The number of hydrogen-bond donors (Lipinski definition) is 1. The lowest BCUT2D eigenvalue weighted by atomic mass is 10.1. The first-order chi connectivity index (χ1) is 8.31. The summed E-state index contributed by atoms with van der Waals surface area (Å²) in [7, 11) is 0. The molecule has 0 aliphatic heterocycles. The van der Waals surface area contributed by atoms with E-state index in [0.29, 0.717) is 23.4 Å². The third-order valence-corrected chi connectivity index (χ3v) is 2.69. The van der Waals surface area contributed by atoms with Crippen LogP contribution in [0.25, 0.3) is 0 Å². The number of hydrogen-bond acceptors (Lipinski definition) is 3. The van der Waals surface area contributed by atoms with Gasteiger partial charge in [-0.1, -0.05) is 23.7 Å². The van der Waals surface area contributed by atoms with Crippen LogP contribution in [0.2, 0.25) is 5.02 Å². The third-order valence-electron chi connectivity index (χ3n) is 2.32. The molecule has 1 aromatic rings. The normalized spacial score (nSPS) is 11.4. The van der Waals surface area contributed by atoms with Gasteiger partial charge in [-0.3, -0.25) is 4.79 Å². The number of ether oxygens (including phenoxy) is 1. The number of carbonyl (C=O) groups is 1. The van der Waals surface area contributed by atoms with Crippen molar-refractivity contribution in [2.75, 3.05) is 0 Å². The smallest absolute Gasteiger partial charge is 0.306 e. The van der Waals surface area contributed by atoms with Crippen molar-refractivity contribution < 1.29 is 14.6 Å². The standard InChI is InChI=1S/C14H19ClO3/c1-14(2,3)18-13(17)7-5-10-4-6-12(15)11(8-10)9-16/h4,6,8,16H,5,7,9H2,1-3H3. The fourth-order valence-corrected chi connectivity index (χ4v) is 1.72. The van der Waals surface area contributed by atoms with E-state index in [4.69, 9.17) is 21.4 Å². The van der Waals surface area contributed by atoms with Crippen LogP contribution in [0.1, 0.15) is 38.3 Å². The minimum atomic E-state index is -0.451. The minimum Gasteiger partial charge on any atom is -0.460 e. The molecule has 100 valence electrons. The van der Waals surface area contributed by atoms with Gasteiger partial charge in [0, 0.05) is 11.4 Å². The molecule has 0 bridgehead atoms. The third kappa shape index (κ3) is 5.07. The molecule has 1 aromatic carbocycles. The molecular formula is C14H19ClO3. The highest BCUT2D eigenvalue weighted by atomic mass is 35.5. The topological polar surface area (TPSA) is 46.5 Å². The van der Waals surface area contributed by atoms with Crippen molar-refractivity contribution in [3.63, 3.8) is 0 Å². The highest BCUT2D eigenvalue weighted by Crippen LogP contribution is 2.19.